The van der Waals surface area contributed by atoms with Crippen LogP contribution in [0.25, 0.3) is 5.52 Å². The Morgan fingerprint density at radius 3 is 3.00 bits per heavy atom. The monoisotopic (exact) mass is 217 g/mol. The Morgan fingerprint density at radius 2 is 2.31 bits per heavy atom. The lowest BCUT2D eigenvalue weighted by Crippen LogP contribution is -2.15. The first-order valence-electron chi connectivity index (χ1n) is 5.63. The van der Waals surface area contributed by atoms with E-state index in [0.29, 0.717) is 5.92 Å². The van der Waals surface area contributed by atoms with Crippen molar-refractivity contribution in [3.05, 3.63) is 35.9 Å². The van der Waals surface area contributed by atoms with E-state index >= 15 is 0 Å². The smallest absolute Gasteiger partial charge is 0.116 e. The minimum Gasteiger partial charge on any atom is -0.394 e. The molecule has 4 heteroatoms. The first-order chi connectivity index (χ1) is 7.79. The highest BCUT2D eigenvalue weighted by Crippen LogP contribution is 2.39. The number of hydrogen-bond acceptors (Lipinski definition) is 3. The number of imidazole rings is 1. The van der Waals surface area contributed by atoms with E-state index in [2.05, 4.69) is 9.38 Å². The second kappa shape index (κ2) is 3.57. The molecule has 3 N–H and O–H groups in total. The zero-order chi connectivity index (χ0) is 11.1. The van der Waals surface area contributed by atoms with Crippen molar-refractivity contribution in [3.8, 4) is 0 Å². The number of rotatable bonds is 3. The topological polar surface area (TPSA) is 63.5 Å². The molecule has 0 amide bonds. The maximum atomic E-state index is 9.05. The van der Waals surface area contributed by atoms with E-state index in [4.69, 9.17) is 10.8 Å². The summed E-state index contributed by atoms with van der Waals surface area (Å²) in [5, 5.41) is 9.05. The third-order valence-electron chi connectivity index (χ3n) is 3.15. The standard InChI is InChI=1S/C12H15N3O/c13-11(7-16)9-3-4-10-5-14-12(8-1-2-8)15(10)6-9/h3-6,8,11,16H,1-2,7,13H2. The Balaban J connectivity index is 2.10. The summed E-state index contributed by atoms with van der Waals surface area (Å²) in [6.45, 7) is -0.0288. The average Bonchev–Trinajstić information content (AvgIpc) is 3.08. The zero-order valence-corrected chi connectivity index (χ0v) is 9.00. The van der Waals surface area contributed by atoms with Crippen LogP contribution in [0.2, 0.25) is 0 Å². The van der Waals surface area contributed by atoms with Crippen LogP contribution in [0.4, 0.5) is 0 Å². The van der Waals surface area contributed by atoms with Gasteiger partial charge in [0.15, 0.2) is 0 Å². The zero-order valence-electron chi connectivity index (χ0n) is 9.00. The van der Waals surface area contributed by atoms with E-state index in [0.717, 1.165) is 16.9 Å². The third-order valence-corrected chi connectivity index (χ3v) is 3.15. The summed E-state index contributed by atoms with van der Waals surface area (Å²) in [4.78, 5) is 4.44. The van der Waals surface area contributed by atoms with Gasteiger partial charge in [0, 0.05) is 12.1 Å². The molecule has 84 valence electrons. The Hall–Kier alpha value is -1.39. The lowest BCUT2D eigenvalue weighted by Gasteiger charge is -2.09. The summed E-state index contributed by atoms with van der Waals surface area (Å²) in [7, 11) is 0. The second-order valence-electron chi connectivity index (χ2n) is 4.44. The van der Waals surface area contributed by atoms with Gasteiger partial charge in [0.25, 0.3) is 0 Å². The van der Waals surface area contributed by atoms with Crippen LogP contribution >= 0.6 is 0 Å². The van der Waals surface area contributed by atoms with Gasteiger partial charge in [-0.15, -0.1) is 0 Å². The predicted molar refractivity (Wildman–Crippen MR) is 61.2 cm³/mol. The fourth-order valence-electron chi connectivity index (χ4n) is 2.00. The molecule has 3 rings (SSSR count). The van der Waals surface area contributed by atoms with Gasteiger partial charge < -0.3 is 15.2 Å². The van der Waals surface area contributed by atoms with Crippen molar-refractivity contribution in [3.63, 3.8) is 0 Å². The van der Waals surface area contributed by atoms with E-state index in [1.165, 1.54) is 12.8 Å². The molecular weight excluding hydrogens is 202 g/mol. The normalized spacial score (nSPS) is 17.9. The summed E-state index contributed by atoms with van der Waals surface area (Å²) in [6.07, 6.45) is 6.35. The van der Waals surface area contributed by atoms with Crippen LogP contribution < -0.4 is 5.73 Å². The summed E-state index contributed by atoms with van der Waals surface area (Å²) in [5.41, 5.74) is 7.86. The Morgan fingerprint density at radius 1 is 1.50 bits per heavy atom. The van der Waals surface area contributed by atoms with Gasteiger partial charge in [-0.1, -0.05) is 6.07 Å². The number of hydrogen-bond donors (Lipinski definition) is 2. The van der Waals surface area contributed by atoms with Gasteiger partial charge in [-0.25, -0.2) is 4.98 Å². The van der Waals surface area contributed by atoms with Crippen LogP contribution in [0.1, 0.15) is 36.2 Å². The molecule has 1 atom stereocenters. The molecule has 1 aliphatic rings. The van der Waals surface area contributed by atoms with Gasteiger partial charge in [-0.05, 0) is 24.5 Å². The molecule has 1 saturated carbocycles. The minimum atomic E-state index is -0.307. The van der Waals surface area contributed by atoms with Crippen molar-refractivity contribution >= 4 is 5.52 Å². The number of aromatic nitrogens is 2. The Kier molecular flexibility index (Phi) is 2.19. The van der Waals surface area contributed by atoms with Crippen LogP contribution in [-0.2, 0) is 0 Å². The van der Waals surface area contributed by atoms with Gasteiger partial charge in [-0.2, -0.15) is 0 Å². The summed E-state index contributed by atoms with van der Waals surface area (Å²) in [5.74, 6) is 1.74. The van der Waals surface area contributed by atoms with Crippen molar-refractivity contribution in [2.75, 3.05) is 6.61 Å². The minimum absolute atomic E-state index is 0.0288. The van der Waals surface area contributed by atoms with Crippen LogP contribution in [0.5, 0.6) is 0 Å². The summed E-state index contributed by atoms with van der Waals surface area (Å²) >= 11 is 0. The van der Waals surface area contributed by atoms with Gasteiger partial charge in [0.05, 0.1) is 24.4 Å². The van der Waals surface area contributed by atoms with Crippen LogP contribution in [0, 0.1) is 0 Å². The molecular formula is C12H15N3O. The highest BCUT2D eigenvalue weighted by Gasteiger charge is 2.27. The third kappa shape index (κ3) is 1.50. The molecule has 0 saturated heterocycles. The van der Waals surface area contributed by atoms with Crippen molar-refractivity contribution < 1.29 is 5.11 Å². The quantitative estimate of drug-likeness (QED) is 0.812. The molecule has 16 heavy (non-hydrogen) atoms. The van der Waals surface area contributed by atoms with Crippen molar-refractivity contribution in [2.45, 2.75) is 24.8 Å². The molecule has 0 spiro atoms. The maximum Gasteiger partial charge on any atom is 0.116 e. The van der Waals surface area contributed by atoms with Crippen LogP contribution in [-0.4, -0.2) is 21.1 Å². The molecule has 0 radical (unpaired) electrons. The Bertz CT molecular complexity index is 516. The van der Waals surface area contributed by atoms with E-state index in [-0.39, 0.29) is 12.6 Å². The first-order valence-corrected chi connectivity index (χ1v) is 5.63. The molecule has 4 nitrogen and oxygen atoms in total. The molecule has 0 bridgehead atoms. The number of aliphatic hydroxyl groups excluding tert-OH is 1. The van der Waals surface area contributed by atoms with E-state index in [1.54, 1.807) is 0 Å². The molecule has 1 aliphatic carbocycles. The second-order valence-corrected chi connectivity index (χ2v) is 4.44. The number of aliphatic hydroxyl groups is 1. The van der Waals surface area contributed by atoms with E-state index in [1.807, 2.05) is 24.5 Å². The van der Waals surface area contributed by atoms with Crippen molar-refractivity contribution in [2.24, 2.45) is 5.73 Å². The van der Waals surface area contributed by atoms with Gasteiger partial charge in [0.2, 0.25) is 0 Å². The molecule has 1 unspecified atom stereocenters. The van der Waals surface area contributed by atoms with Crippen LogP contribution in [0.3, 0.4) is 0 Å². The summed E-state index contributed by atoms with van der Waals surface area (Å²) < 4.78 is 2.10. The molecule has 2 aromatic heterocycles. The SMILES string of the molecule is NC(CO)c1ccc2cnc(C3CC3)n2c1. The van der Waals surface area contributed by atoms with Gasteiger partial charge >= 0.3 is 0 Å². The number of nitrogens with two attached hydrogens (primary N) is 1. The van der Waals surface area contributed by atoms with Crippen molar-refractivity contribution in [1.82, 2.24) is 9.38 Å². The van der Waals surface area contributed by atoms with Crippen LogP contribution in [0.15, 0.2) is 24.5 Å². The van der Waals surface area contributed by atoms with Gasteiger partial charge in [0.1, 0.15) is 5.82 Å². The largest absolute Gasteiger partial charge is 0.394 e. The number of nitrogens with zero attached hydrogens (tertiary/aromatic N) is 2. The lowest BCUT2D eigenvalue weighted by atomic mass is 10.1. The highest BCUT2D eigenvalue weighted by molar-refractivity contribution is 5.48. The lowest BCUT2D eigenvalue weighted by molar-refractivity contribution is 0.267. The highest BCUT2D eigenvalue weighted by atomic mass is 16.3. The van der Waals surface area contributed by atoms with Gasteiger partial charge in [-0.3, -0.25) is 0 Å². The van der Waals surface area contributed by atoms with E-state index in [9.17, 15) is 0 Å². The summed E-state index contributed by atoms with van der Waals surface area (Å²) in [6, 6.07) is 3.65. The molecule has 0 aliphatic heterocycles. The fraction of sp³-hybridized carbons (Fsp3) is 0.417. The fourth-order valence-corrected chi connectivity index (χ4v) is 2.00. The predicted octanol–water partition coefficient (Wildman–Crippen LogP) is 1.20. The molecule has 0 aromatic carbocycles. The molecule has 2 aromatic rings. The van der Waals surface area contributed by atoms with Crippen molar-refractivity contribution in [1.29, 1.82) is 0 Å². The molecule has 1 fully saturated rings. The maximum absolute atomic E-state index is 9.05. The average molecular weight is 217 g/mol. The first kappa shape index (κ1) is 9.81. The number of pyridine rings is 1. The van der Waals surface area contributed by atoms with E-state index < -0.39 is 0 Å². The molecule has 2 heterocycles. The number of fused-ring (bicyclic) bond motifs is 1. The Labute approximate surface area is 93.7 Å².